The lowest BCUT2D eigenvalue weighted by molar-refractivity contribution is 0.549. The first-order valence-corrected chi connectivity index (χ1v) is 6.66. The predicted molar refractivity (Wildman–Crippen MR) is 77.3 cm³/mol. The van der Waals surface area contributed by atoms with E-state index in [1.54, 1.807) is 36.2 Å². The van der Waals surface area contributed by atoms with Crippen LogP contribution in [0.25, 0.3) is 0 Å². The zero-order valence-corrected chi connectivity index (χ0v) is 12.3. The topological polar surface area (TPSA) is 27.0 Å². The summed E-state index contributed by atoms with van der Waals surface area (Å²) in [6, 6.07) is 11.4. The van der Waals surface area contributed by atoms with Gasteiger partial charge in [-0.2, -0.15) is 5.26 Å². The molecule has 0 radical (unpaired) electrons. The van der Waals surface area contributed by atoms with Gasteiger partial charge in [0.25, 0.3) is 0 Å². The summed E-state index contributed by atoms with van der Waals surface area (Å²) in [5, 5.41) is 8.74. The number of hydrogen-bond acceptors (Lipinski definition) is 2. The number of rotatable bonds is 3. The summed E-state index contributed by atoms with van der Waals surface area (Å²) in [5.41, 5.74) is 1.33. The number of nitrogens with zero attached hydrogens (tertiary/aromatic N) is 2. The molecule has 0 unspecified atom stereocenters. The molecule has 2 rings (SSSR count). The van der Waals surface area contributed by atoms with E-state index in [2.05, 4.69) is 15.9 Å². The van der Waals surface area contributed by atoms with Crippen LogP contribution in [0.3, 0.4) is 0 Å². The summed E-state index contributed by atoms with van der Waals surface area (Å²) >= 11 is 3.05. The van der Waals surface area contributed by atoms with Crippen LogP contribution in [-0.2, 0) is 6.54 Å². The minimum atomic E-state index is -0.592. The predicted octanol–water partition coefficient (Wildman–Crippen LogP) is 4.24. The molecule has 2 aromatic carbocycles. The second kappa shape index (κ2) is 6.02. The van der Waals surface area contributed by atoms with Gasteiger partial charge in [-0.15, -0.1) is 0 Å². The Morgan fingerprint density at radius 1 is 1.15 bits per heavy atom. The zero-order valence-electron chi connectivity index (χ0n) is 10.7. The first kappa shape index (κ1) is 14.5. The smallest absolute Gasteiger partial charge is 0.145 e. The van der Waals surface area contributed by atoms with Crippen molar-refractivity contribution in [2.45, 2.75) is 6.54 Å². The van der Waals surface area contributed by atoms with Gasteiger partial charge in [0.1, 0.15) is 11.6 Å². The molecule has 0 aliphatic rings. The van der Waals surface area contributed by atoms with Gasteiger partial charge in [-0.1, -0.05) is 0 Å². The Bertz CT molecular complexity index is 663. The van der Waals surface area contributed by atoms with Crippen molar-refractivity contribution in [2.24, 2.45) is 0 Å². The van der Waals surface area contributed by atoms with Crippen LogP contribution in [0.5, 0.6) is 0 Å². The molecule has 102 valence electrons. The van der Waals surface area contributed by atoms with Gasteiger partial charge in [0.2, 0.25) is 0 Å². The number of hydrogen-bond donors (Lipinski definition) is 0. The highest BCUT2D eigenvalue weighted by Crippen LogP contribution is 2.24. The molecule has 2 aromatic rings. The molecule has 0 fully saturated rings. The van der Waals surface area contributed by atoms with Gasteiger partial charge in [0.05, 0.1) is 16.1 Å². The van der Waals surface area contributed by atoms with Gasteiger partial charge < -0.3 is 4.90 Å². The first-order valence-electron chi connectivity index (χ1n) is 5.86. The maximum absolute atomic E-state index is 13.9. The third-order valence-electron chi connectivity index (χ3n) is 2.97. The summed E-state index contributed by atoms with van der Waals surface area (Å²) in [4.78, 5) is 1.72. The van der Waals surface area contributed by atoms with Gasteiger partial charge in [0.15, 0.2) is 0 Å². The van der Waals surface area contributed by atoms with Gasteiger partial charge in [-0.25, -0.2) is 8.78 Å². The minimum Gasteiger partial charge on any atom is -0.370 e. The fraction of sp³-hybridized carbons (Fsp3) is 0.133. The van der Waals surface area contributed by atoms with Crippen LogP contribution in [-0.4, -0.2) is 7.05 Å². The molecule has 0 bridgehead atoms. The third kappa shape index (κ3) is 2.97. The summed E-state index contributed by atoms with van der Waals surface area (Å²) in [5.74, 6) is -1.17. The van der Waals surface area contributed by atoms with Crippen LogP contribution in [0.1, 0.15) is 11.1 Å². The van der Waals surface area contributed by atoms with E-state index in [4.69, 9.17) is 5.26 Å². The molecule has 0 aromatic heterocycles. The van der Waals surface area contributed by atoms with Gasteiger partial charge in [-0.05, 0) is 52.3 Å². The maximum Gasteiger partial charge on any atom is 0.145 e. The summed E-state index contributed by atoms with van der Waals surface area (Å²) in [7, 11) is 1.74. The second-order valence-electron chi connectivity index (χ2n) is 4.34. The number of halogens is 3. The Labute approximate surface area is 124 Å². The van der Waals surface area contributed by atoms with E-state index >= 15 is 0 Å². The van der Waals surface area contributed by atoms with E-state index in [1.165, 1.54) is 12.1 Å². The maximum atomic E-state index is 13.9. The third-order valence-corrected chi connectivity index (χ3v) is 3.58. The van der Waals surface area contributed by atoms with Crippen molar-refractivity contribution >= 4 is 21.6 Å². The lowest BCUT2D eigenvalue weighted by atomic mass is 10.1. The Morgan fingerprint density at radius 3 is 2.40 bits per heavy atom. The lowest BCUT2D eigenvalue weighted by Gasteiger charge is -2.20. The molecule has 0 amide bonds. The van der Waals surface area contributed by atoms with Crippen molar-refractivity contribution in [3.05, 3.63) is 63.6 Å². The van der Waals surface area contributed by atoms with Crippen molar-refractivity contribution in [3.8, 4) is 6.07 Å². The SMILES string of the molecule is CN(Cc1c(F)ccc(Br)c1F)c1ccc(C#N)cc1. The molecule has 0 saturated heterocycles. The number of benzene rings is 2. The summed E-state index contributed by atoms with van der Waals surface area (Å²) in [6.45, 7) is 0.100. The Morgan fingerprint density at radius 2 is 1.80 bits per heavy atom. The zero-order chi connectivity index (χ0) is 14.7. The van der Waals surface area contributed by atoms with Crippen molar-refractivity contribution in [1.82, 2.24) is 0 Å². The van der Waals surface area contributed by atoms with E-state index < -0.39 is 11.6 Å². The van der Waals surface area contributed by atoms with Crippen molar-refractivity contribution in [1.29, 1.82) is 5.26 Å². The molecular formula is C15H11BrF2N2. The molecule has 20 heavy (non-hydrogen) atoms. The molecule has 0 atom stereocenters. The van der Waals surface area contributed by atoms with Crippen LogP contribution in [0.2, 0.25) is 0 Å². The average molecular weight is 337 g/mol. The molecule has 0 aliphatic heterocycles. The fourth-order valence-electron chi connectivity index (χ4n) is 1.83. The largest absolute Gasteiger partial charge is 0.370 e. The molecule has 0 spiro atoms. The van der Waals surface area contributed by atoms with Crippen molar-refractivity contribution in [3.63, 3.8) is 0 Å². The van der Waals surface area contributed by atoms with E-state index in [0.717, 1.165) is 5.69 Å². The Kier molecular flexibility index (Phi) is 4.35. The van der Waals surface area contributed by atoms with E-state index in [9.17, 15) is 8.78 Å². The molecule has 2 nitrogen and oxygen atoms in total. The van der Waals surface area contributed by atoms with Crippen LogP contribution >= 0.6 is 15.9 Å². The van der Waals surface area contributed by atoms with Gasteiger partial charge >= 0.3 is 0 Å². The Balaban J connectivity index is 2.25. The monoisotopic (exact) mass is 336 g/mol. The normalized spacial score (nSPS) is 10.2. The molecule has 0 saturated carbocycles. The number of anilines is 1. The minimum absolute atomic E-state index is 0.00577. The van der Waals surface area contributed by atoms with Crippen LogP contribution in [0.4, 0.5) is 14.5 Å². The van der Waals surface area contributed by atoms with E-state index in [-0.39, 0.29) is 16.6 Å². The molecule has 5 heteroatoms. The Hall–Kier alpha value is -1.93. The lowest BCUT2D eigenvalue weighted by Crippen LogP contribution is -2.18. The quantitative estimate of drug-likeness (QED) is 0.784. The first-order chi connectivity index (χ1) is 9.52. The van der Waals surface area contributed by atoms with Crippen LogP contribution in [0, 0.1) is 23.0 Å². The van der Waals surface area contributed by atoms with E-state index in [0.29, 0.717) is 5.56 Å². The fourth-order valence-corrected chi connectivity index (χ4v) is 2.20. The standard InChI is InChI=1S/C15H11BrF2N2/c1-20(11-4-2-10(8-19)3-5-11)9-12-14(17)7-6-13(16)15(12)18/h2-7H,9H2,1H3. The van der Waals surface area contributed by atoms with Crippen LogP contribution < -0.4 is 4.90 Å². The van der Waals surface area contributed by atoms with Crippen LogP contribution in [0.15, 0.2) is 40.9 Å². The highest BCUT2D eigenvalue weighted by atomic mass is 79.9. The summed E-state index contributed by atoms with van der Waals surface area (Å²) < 4.78 is 27.8. The molecule has 0 heterocycles. The van der Waals surface area contributed by atoms with Crippen molar-refractivity contribution < 1.29 is 8.78 Å². The number of nitriles is 1. The van der Waals surface area contributed by atoms with Crippen molar-refractivity contribution in [2.75, 3.05) is 11.9 Å². The average Bonchev–Trinajstić information content (AvgIpc) is 2.47. The van der Waals surface area contributed by atoms with Gasteiger partial charge in [0, 0.05) is 24.8 Å². The molecular weight excluding hydrogens is 326 g/mol. The van der Waals surface area contributed by atoms with E-state index in [1.807, 2.05) is 6.07 Å². The highest BCUT2D eigenvalue weighted by Gasteiger charge is 2.14. The van der Waals surface area contributed by atoms with Gasteiger partial charge in [-0.3, -0.25) is 0 Å². The second-order valence-corrected chi connectivity index (χ2v) is 5.19. The summed E-state index contributed by atoms with van der Waals surface area (Å²) in [6.07, 6.45) is 0. The molecule has 0 N–H and O–H groups in total. The molecule has 0 aliphatic carbocycles. The highest BCUT2D eigenvalue weighted by molar-refractivity contribution is 9.10.